The van der Waals surface area contributed by atoms with E-state index in [9.17, 15) is 0 Å². The first-order chi connectivity index (χ1) is 8.25. The first kappa shape index (κ1) is 11.2. The third-order valence-electron chi connectivity index (χ3n) is 4.08. The molecule has 1 aromatic carbocycles. The van der Waals surface area contributed by atoms with Crippen molar-refractivity contribution in [3.8, 4) is 0 Å². The predicted molar refractivity (Wildman–Crippen MR) is 70.6 cm³/mol. The molecule has 0 heterocycles. The van der Waals surface area contributed by atoms with E-state index < -0.39 is 0 Å². The Morgan fingerprint density at radius 2 is 1.88 bits per heavy atom. The van der Waals surface area contributed by atoms with E-state index in [0.29, 0.717) is 0 Å². The van der Waals surface area contributed by atoms with Gasteiger partial charge in [-0.05, 0) is 37.7 Å². The van der Waals surface area contributed by atoms with Gasteiger partial charge >= 0.3 is 0 Å². The molecule has 2 fully saturated rings. The van der Waals surface area contributed by atoms with Gasteiger partial charge in [-0.3, -0.25) is 4.90 Å². The number of hydrogen-bond donors (Lipinski definition) is 1. The summed E-state index contributed by atoms with van der Waals surface area (Å²) in [5, 5.41) is 0. The van der Waals surface area contributed by atoms with E-state index in [4.69, 9.17) is 5.73 Å². The third-order valence-corrected chi connectivity index (χ3v) is 4.08. The lowest BCUT2D eigenvalue weighted by Gasteiger charge is -2.23. The van der Waals surface area contributed by atoms with Gasteiger partial charge in [-0.25, -0.2) is 0 Å². The van der Waals surface area contributed by atoms with Gasteiger partial charge in [-0.15, -0.1) is 0 Å². The van der Waals surface area contributed by atoms with Crippen LogP contribution in [0.3, 0.4) is 0 Å². The molecule has 0 saturated heterocycles. The molecule has 0 radical (unpaired) electrons. The van der Waals surface area contributed by atoms with E-state index in [2.05, 4.69) is 35.2 Å². The molecule has 0 unspecified atom stereocenters. The van der Waals surface area contributed by atoms with Crippen LogP contribution in [-0.4, -0.2) is 23.0 Å². The molecule has 92 valence electrons. The maximum absolute atomic E-state index is 6.18. The first-order valence-electron chi connectivity index (χ1n) is 6.82. The highest BCUT2D eigenvalue weighted by molar-refractivity contribution is 5.15. The van der Waals surface area contributed by atoms with Gasteiger partial charge in [0.25, 0.3) is 0 Å². The summed E-state index contributed by atoms with van der Waals surface area (Å²) in [6.07, 6.45) is 6.40. The van der Waals surface area contributed by atoms with Crippen LogP contribution in [0.4, 0.5) is 0 Å². The normalized spacial score (nSPS) is 21.8. The second-order valence-corrected chi connectivity index (χ2v) is 5.80. The van der Waals surface area contributed by atoms with Gasteiger partial charge in [0.05, 0.1) is 0 Å². The van der Waals surface area contributed by atoms with E-state index in [-0.39, 0.29) is 5.54 Å². The molecule has 0 amide bonds. The Kier molecular flexibility index (Phi) is 2.93. The molecule has 0 spiro atoms. The standard InChI is InChI=1S/C15H22N2/c16-15(8-9-15)10-11-17(14-6-7-14)12-13-4-2-1-3-5-13/h1-5,14H,6-12,16H2. The van der Waals surface area contributed by atoms with E-state index in [0.717, 1.165) is 12.6 Å². The van der Waals surface area contributed by atoms with Gasteiger partial charge in [0.1, 0.15) is 0 Å². The van der Waals surface area contributed by atoms with Crippen molar-refractivity contribution in [1.29, 1.82) is 0 Å². The summed E-state index contributed by atoms with van der Waals surface area (Å²) >= 11 is 0. The average molecular weight is 230 g/mol. The zero-order valence-electron chi connectivity index (χ0n) is 10.4. The highest BCUT2D eigenvalue weighted by Crippen LogP contribution is 2.37. The fourth-order valence-corrected chi connectivity index (χ4v) is 2.43. The Labute approximate surface area is 104 Å². The third kappa shape index (κ3) is 3.08. The first-order valence-corrected chi connectivity index (χ1v) is 6.82. The lowest BCUT2D eigenvalue weighted by Crippen LogP contribution is -2.32. The van der Waals surface area contributed by atoms with Gasteiger partial charge in [0.15, 0.2) is 0 Å². The number of hydrogen-bond acceptors (Lipinski definition) is 2. The molecule has 17 heavy (non-hydrogen) atoms. The molecule has 2 aliphatic carbocycles. The van der Waals surface area contributed by atoms with Crippen molar-refractivity contribution in [1.82, 2.24) is 4.90 Å². The summed E-state index contributed by atoms with van der Waals surface area (Å²) in [4.78, 5) is 2.63. The number of benzene rings is 1. The average Bonchev–Trinajstić information content (AvgIpc) is 3.23. The van der Waals surface area contributed by atoms with Crippen molar-refractivity contribution in [2.75, 3.05) is 6.54 Å². The number of nitrogens with two attached hydrogens (primary N) is 1. The lowest BCUT2D eigenvalue weighted by atomic mass is 10.1. The Hall–Kier alpha value is -0.860. The molecular weight excluding hydrogens is 208 g/mol. The molecule has 0 aromatic heterocycles. The molecule has 2 N–H and O–H groups in total. The molecule has 0 bridgehead atoms. The topological polar surface area (TPSA) is 29.3 Å². The maximum Gasteiger partial charge on any atom is 0.0236 e. The zero-order valence-corrected chi connectivity index (χ0v) is 10.4. The van der Waals surface area contributed by atoms with Crippen molar-refractivity contribution >= 4 is 0 Å². The van der Waals surface area contributed by atoms with Crippen LogP contribution in [0.5, 0.6) is 0 Å². The Morgan fingerprint density at radius 1 is 1.18 bits per heavy atom. The Balaban J connectivity index is 1.56. The van der Waals surface area contributed by atoms with Crippen molar-refractivity contribution in [2.45, 2.75) is 50.2 Å². The second kappa shape index (κ2) is 4.43. The van der Waals surface area contributed by atoms with E-state index in [1.165, 1.54) is 44.2 Å². The largest absolute Gasteiger partial charge is 0.325 e. The van der Waals surface area contributed by atoms with Gasteiger partial charge < -0.3 is 5.73 Å². The Morgan fingerprint density at radius 3 is 2.47 bits per heavy atom. The molecular formula is C15H22N2. The van der Waals surface area contributed by atoms with Crippen LogP contribution in [0.25, 0.3) is 0 Å². The summed E-state index contributed by atoms with van der Waals surface area (Å²) in [5.74, 6) is 0. The van der Waals surface area contributed by atoms with Crippen molar-refractivity contribution < 1.29 is 0 Å². The summed E-state index contributed by atoms with van der Waals surface area (Å²) in [6.45, 7) is 2.28. The smallest absolute Gasteiger partial charge is 0.0236 e. The van der Waals surface area contributed by atoms with Crippen molar-refractivity contribution in [3.05, 3.63) is 35.9 Å². The summed E-state index contributed by atoms with van der Waals surface area (Å²) < 4.78 is 0. The van der Waals surface area contributed by atoms with Crippen LogP contribution in [0, 0.1) is 0 Å². The van der Waals surface area contributed by atoms with Crippen molar-refractivity contribution in [3.63, 3.8) is 0 Å². The number of nitrogens with zero attached hydrogens (tertiary/aromatic N) is 1. The summed E-state index contributed by atoms with van der Waals surface area (Å²) in [5.41, 5.74) is 7.81. The minimum absolute atomic E-state index is 0.198. The predicted octanol–water partition coefficient (Wildman–Crippen LogP) is 2.53. The van der Waals surface area contributed by atoms with Crippen LogP contribution < -0.4 is 5.73 Å². The molecule has 1 aromatic rings. The monoisotopic (exact) mass is 230 g/mol. The molecule has 2 nitrogen and oxygen atoms in total. The van der Waals surface area contributed by atoms with Gasteiger partial charge in [-0.1, -0.05) is 30.3 Å². The second-order valence-electron chi connectivity index (χ2n) is 5.80. The zero-order chi connectivity index (χ0) is 11.7. The molecule has 2 saturated carbocycles. The molecule has 2 heteroatoms. The van der Waals surface area contributed by atoms with Gasteiger partial charge in [-0.2, -0.15) is 0 Å². The van der Waals surface area contributed by atoms with E-state index in [1.807, 2.05) is 0 Å². The lowest BCUT2D eigenvalue weighted by molar-refractivity contribution is 0.242. The highest BCUT2D eigenvalue weighted by atomic mass is 15.2. The van der Waals surface area contributed by atoms with E-state index in [1.54, 1.807) is 0 Å². The van der Waals surface area contributed by atoms with Crippen LogP contribution in [0.15, 0.2) is 30.3 Å². The quantitative estimate of drug-likeness (QED) is 0.813. The van der Waals surface area contributed by atoms with Crippen LogP contribution in [0.1, 0.15) is 37.7 Å². The van der Waals surface area contributed by atoms with Gasteiger partial charge in [0, 0.05) is 24.7 Å². The molecule has 0 atom stereocenters. The Bertz CT molecular complexity index is 366. The minimum atomic E-state index is 0.198. The molecule has 0 aliphatic heterocycles. The van der Waals surface area contributed by atoms with E-state index >= 15 is 0 Å². The van der Waals surface area contributed by atoms with Crippen LogP contribution in [0.2, 0.25) is 0 Å². The molecule has 2 aliphatic rings. The molecule has 3 rings (SSSR count). The SMILES string of the molecule is NC1(CCN(Cc2ccccc2)C2CC2)CC1. The van der Waals surface area contributed by atoms with Crippen molar-refractivity contribution in [2.24, 2.45) is 5.73 Å². The van der Waals surface area contributed by atoms with Gasteiger partial charge in [0.2, 0.25) is 0 Å². The minimum Gasteiger partial charge on any atom is -0.325 e. The number of rotatable bonds is 6. The highest BCUT2D eigenvalue weighted by Gasteiger charge is 2.39. The van der Waals surface area contributed by atoms with Crippen LogP contribution in [-0.2, 0) is 6.54 Å². The van der Waals surface area contributed by atoms with Crippen LogP contribution >= 0.6 is 0 Å². The maximum atomic E-state index is 6.18. The fourth-order valence-electron chi connectivity index (χ4n) is 2.43. The summed E-state index contributed by atoms with van der Waals surface area (Å²) in [6, 6.07) is 11.6. The summed E-state index contributed by atoms with van der Waals surface area (Å²) in [7, 11) is 0. The fraction of sp³-hybridized carbons (Fsp3) is 0.600.